The molecule has 0 spiro atoms. The molecule has 0 aliphatic carbocycles. The number of hydrogen-bond acceptors (Lipinski definition) is 4. The van der Waals surface area contributed by atoms with Crippen LogP contribution in [0.15, 0.2) is 24.3 Å². The van der Waals surface area contributed by atoms with Crippen molar-refractivity contribution in [2.75, 3.05) is 0 Å². The Labute approximate surface area is 106 Å². The lowest BCUT2D eigenvalue weighted by atomic mass is 9.97. The third-order valence-electron chi connectivity index (χ3n) is 2.47. The lowest BCUT2D eigenvalue weighted by Gasteiger charge is -2.20. The van der Waals surface area contributed by atoms with Gasteiger partial charge in [-0.25, -0.2) is 0 Å². The highest BCUT2D eigenvalue weighted by molar-refractivity contribution is 5.75. The Morgan fingerprint density at radius 2 is 1.89 bits per heavy atom. The van der Waals surface area contributed by atoms with E-state index in [-0.39, 0.29) is 11.7 Å². The summed E-state index contributed by atoms with van der Waals surface area (Å²) in [6, 6.07) is 6.26. The highest BCUT2D eigenvalue weighted by Crippen LogP contribution is 2.29. The van der Waals surface area contributed by atoms with Crippen LogP contribution in [-0.2, 0) is 9.53 Å². The maximum atomic E-state index is 11.7. The van der Waals surface area contributed by atoms with Gasteiger partial charge in [0.25, 0.3) is 5.69 Å². The van der Waals surface area contributed by atoms with E-state index in [9.17, 15) is 14.9 Å². The van der Waals surface area contributed by atoms with Crippen molar-refractivity contribution in [2.24, 2.45) is 5.41 Å². The van der Waals surface area contributed by atoms with Gasteiger partial charge in [0.15, 0.2) is 0 Å². The fourth-order valence-corrected chi connectivity index (χ4v) is 1.40. The first-order valence-electron chi connectivity index (χ1n) is 5.68. The molecule has 98 valence electrons. The van der Waals surface area contributed by atoms with Crippen LogP contribution in [0.4, 0.5) is 5.69 Å². The van der Waals surface area contributed by atoms with E-state index in [1.165, 1.54) is 6.07 Å². The summed E-state index contributed by atoms with van der Waals surface area (Å²) in [4.78, 5) is 22.1. The Bertz CT molecular complexity index is 462. The Balaban J connectivity index is 2.95. The number of esters is 1. The molecular formula is C13H17NO4. The zero-order chi connectivity index (χ0) is 13.9. The molecule has 0 saturated heterocycles. The molecule has 1 unspecified atom stereocenters. The second-order valence-electron chi connectivity index (χ2n) is 5.11. The molecule has 0 fully saturated rings. The smallest absolute Gasteiger partial charge is 0.311 e. The maximum Gasteiger partial charge on any atom is 0.311 e. The van der Waals surface area contributed by atoms with Gasteiger partial charge >= 0.3 is 5.97 Å². The summed E-state index contributed by atoms with van der Waals surface area (Å²) in [5, 5.41) is 10.9. The summed E-state index contributed by atoms with van der Waals surface area (Å²) < 4.78 is 5.25. The van der Waals surface area contributed by atoms with Crippen LogP contribution >= 0.6 is 0 Å². The molecule has 0 aliphatic rings. The quantitative estimate of drug-likeness (QED) is 0.469. The molecule has 1 aromatic carbocycles. The number of hydrogen-bond donors (Lipinski definition) is 0. The molecule has 0 aromatic heterocycles. The van der Waals surface area contributed by atoms with Gasteiger partial charge < -0.3 is 4.74 Å². The van der Waals surface area contributed by atoms with E-state index in [4.69, 9.17) is 4.74 Å². The van der Waals surface area contributed by atoms with Gasteiger partial charge in [0.05, 0.1) is 15.9 Å². The number of nitrogens with zero attached hydrogens (tertiary/aromatic N) is 1. The molecule has 5 nitrogen and oxygen atoms in total. The van der Waals surface area contributed by atoms with Crippen LogP contribution in [0.2, 0.25) is 0 Å². The standard InChI is InChI=1S/C13H17NO4/c1-9(18-12(15)13(2,3)4)10-7-5-6-8-11(10)14(16)17/h5-9H,1-4H3. The van der Waals surface area contributed by atoms with Gasteiger partial charge in [-0.05, 0) is 33.8 Å². The highest BCUT2D eigenvalue weighted by Gasteiger charge is 2.27. The van der Waals surface area contributed by atoms with Crippen molar-refractivity contribution >= 4 is 11.7 Å². The highest BCUT2D eigenvalue weighted by atomic mass is 16.6. The zero-order valence-corrected chi connectivity index (χ0v) is 11.0. The van der Waals surface area contributed by atoms with Crippen molar-refractivity contribution in [2.45, 2.75) is 33.8 Å². The molecule has 0 amide bonds. The van der Waals surface area contributed by atoms with Crippen LogP contribution in [-0.4, -0.2) is 10.9 Å². The van der Waals surface area contributed by atoms with Gasteiger partial charge in [-0.3, -0.25) is 14.9 Å². The van der Waals surface area contributed by atoms with Crippen molar-refractivity contribution in [1.82, 2.24) is 0 Å². The van der Waals surface area contributed by atoms with Gasteiger partial charge in [0.1, 0.15) is 6.10 Å². The van der Waals surface area contributed by atoms with Crippen LogP contribution in [0.1, 0.15) is 39.4 Å². The first-order valence-corrected chi connectivity index (χ1v) is 5.68. The fraction of sp³-hybridized carbons (Fsp3) is 0.462. The number of nitro groups is 1. The number of benzene rings is 1. The third kappa shape index (κ3) is 3.29. The van der Waals surface area contributed by atoms with E-state index >= 15 is 0 Å². The summed E-state index contributed by atoms with van der Waals surface area (Å²) in [7, 11) is 0. The SMILES string of the molecule is CC(OC(=O)C(C)(C)C)c1ccccc1[N+](=O)[O-]. The lowest BCUT2D eigenvalue weighted by Crippen LogP contribution is -2.24. The molecule has 1 rings (SSSR count). The average molecular weight is 251 g/mol. The number of rotatable bonds is 3. The van der Waals surface area contributed by atoms with Crippen molar-refractivity contribution in [3.63, 3.8) is 0 Å². The number of nitro benzene ring substituents is 1. The number of para-hydroxylation sites is 1. The molecule has 0 aliphatic heterocycles. The molecule has 1 atom stereocenters. The second kappa shape index (κ2) is 5.16. The van der Waals surface area contributed by atoms with Gasteiger partial charge in [-0.1, -0.05) is 12.1 Å². The number of carbonyl (C=O) groups excluding carboxylic acids is 1. The summed E-state index contributed by atoms with van der Waals surface area (Å²) >= 11 is 0. The first kappa shape index (κ1) is 14.2. The second-order valence-corrected chi connectivity index (χ2v) is 5.11. The molecule has 1 aromatic rings. The van der Waals surface area contributed by atoms with Crippen LogP contribution in [0.5, 0.6) is 0 Å². The van der Waals surface area contributed by atoms with Crippen molar-refractivity contribution in [1.29, 1.82) is 0 Å². The molecule has 0 saturated carbocycles. The number of ether oxygens (including phenoxy) is 1. The molecule has 18 heavy (non-hydrogen) atoms. The predicted octanol–water partition coefficient (Wildman–Crippen LogP) is 3.25. The minimum Gasteiger partial charge on any atom is -0.457 e. The monoisotopic (exact) mass is 251 g/mol. The van der Waals surface area contributed by atoms with E-state index < -0.39 is 16.4 Å². The van der Waals surface area contributed by atoms with Gasteiger partial charge in [-0.15, -0.1) is 0 Å². The normalized spacial score (nSPS) is 12.9. The van der Waals surface area contributed by atoms with Crippen molar-refractivity contribution < 1.29 is 14.5 Å². The Morgan fingerprint density at radius 3 is 2.39 bits per heavy atom. The molecule has 0 radical (unpaired) electrons. The lowest BCUT2D eigenvalue weighted by molar-refractivity contribution is -0.386. The van der Waals surface area contributed by atoms with Gasteiger partial charge in [0.2, 0.25) is 0 Å². The van der Waals surface area contributed by atoms with Crippen LogP contribution in [0.25, 0.3) is 0 Å². The summed E-state index contributed by atoms with van der Waals surface area (Å²) in [5.41, 5.74) is -0.260. The largest absolute Gasteiger partial charge is 0.457 e. The topological polar surface area (TPSA) is 69.4 Å². The molecule has 0 N–H and O–H groups in total. The molecule has 0 heterocycles. The van der Waals surface area contributed by atoms with E-state index in [0.717, 1.165) is 0 Å². The molecular weight excluding hydrogens is 234 g/mol. The van der Waals surface area contributed by atoms with Gasteiger partial charge in [0, 0.05) is 6.07 Å². The number of carbonyl (C=O) groups is 1. The van der Waals surface area contributed by atoms with Crippen LogP contribution in [0, 0.1) is 15.5 Å². The first-order chi connectivity index (χ1) is 8.23. The summed E-state index contributed by atoms with van der Waals surface area (Å²) in [5.74, 6) is -0.381. The minimum atomic E-state index is -0.640. The zero-order valence-electron chi connectivity index (χ0n) is 11.0. The summed E-state index contributed by atoms with van der Waals surface area (Å²) in [6.07, 6.45) is -0.640. The minimum absolute atomic E-state index is 0.0355. The van der Waals surface area contributed by atoms with E-state index in [0.29, 0.717) is 5.56 Å². The summed E-state index contributed by atoms with van der Waals surface area (Å²) in [6.45, 7) is 6.84. The van der Waals surface area contributed by atoms with E-state index in [2.05, 4.69) is 0 Å². The van der Waals surface area contributed by atoms with E-state index in [1.54, 1.807) is 45.9 Å². The molecule has 0 bridgehead atoms. The third-order valence-corrected chi connectivity index (χ3v) is 2.47. The van der Waals surface area contributed by atoms with Crippen molar-refractivity contribution in [3.05, 3.63) is 39.9 Å². The predicted molar refractivity (Wildman–Crippen MR) is 67.1 cm³/mol. The van der Waals surface area contributed by atoms with Crippen LogP contribution < -0.4 is 0 Å². The van der Waals surface area contributed by atoms with Gasteiger partial charge in [-0.2, -0.15) is 0 Å². The van der Waals surface area contributed by atoms with Crippen molar-refractivity contribution in [3.8, 4) is 0 Å². The van der Waals surface area contributed by atoms with E-state index in [1.807, 2.05) is 0 Å². The average Bonchev–Trinajstić information content (AvgIpc) is 2.27. The van der Waals surface area contributed by atoms with Crippen LogP contribution in [0.3, 0.4) is 0 Å². The molecule has 5 heteroatoms. The Hall–Kier alpha value is -1.91. The maximum absolute atomic E-state index is 11.7. The Morgan fingerprint density at radius 1 is 1.33 bits per heavy atom. The fourth-order valence-electron chi connectivity index (χ4n) is 1.40. The Kier molecular flexibility index (Phi) is 4.06.